The molecule has 0 bridgehead atoms. The molecule has 10 heteroatoms. The van der Waals surface area contributed by atoms with E-state index in [4.69, 9.17) is 4.74 Å². The number of thiophene rings is 1. The number of amides is 2. The van der Waals surface area contributed by atoms with Gasteiger partial charge in [-0.1, -0.05) is 23.5 Å². The maximum absolute atomic E-state index is 12.2. The molecule has 2 aromatic rings. The van der Waals surface area contributed by atoms with E-state index >= 15 is 0 Å². The summed E-state index contributed by atoms with van der Waals surface area (Å²) in [6.45, 7) is -0.580. The van der Waals surface area contributed by atoms with E-state index in [0.29, 0.717) is 22.6 Å². The van der Waals surface area contributed by atoms with Gasteiger partial charge in [-0.3, -0.25) is 19.7 Å². The van der Waals surface area contributed by atoms with Gasteiger partial charge in [-0.25, -0.2) is 4.79 Å². The summed E-state index contributed by atoms with van der Waals surface area (Å²) in [5.74, 6) is -1.74. The van der Waals surface area contributed by atoms with E-state index in [2.05, 4.69) is 10.6 Å². The van der Waals surface area contributed by atoms with Gasteiger partial charge in [0.2, 0.25) is 0 Å². The fourth-order valence-corrected chi connectivity index (χ4v) is 2.92. The van der Waals surface area contributed by atoms with Gasteiger partial charge in [0.15, 0.2) is 6.61 Å². The van der Waals surface area contributed by atoms with Crippen LogP contribution in [-0.2, 0) is 9.53 Å². The SMILES string of the molecule is O=C(COC(=O)c1ccc([N+](=O)[O-])s1)Nc1ccccc1C(=O)NC1CC1. The van der Waals surface area contributed by atoms with Crippen LogP contribution in [0.2, 0.25) is 0 Å². The second kappa shape index (κ2) is 7.96. The highest BCUT2D eigenvalue weighted by Gasteiger charge is 2.25. The number of para-hydroxylation sites is 1. The van der Waals surface area contributed by atoms with Crippen LogP contribution in [0.4, 0.5) is 10.7 Å². The highest BCUT2D eigenvalue weighted by molar-refractivity contribution is 7.17. The van der Waals surface area contributed by atoms with E-state index < -0.39 is 23.4 Å². The van der Waals surface area contributed by atoms with Crippen LogP contribution in [-0.4, -0.2) is 35.4 Å². The average molecular weight is 389 g/mol. The molecule has 0 radical (unpaired) electrons. The number of nitro groups is 1. The molecule has 0 saturated heterocycles. The predicted octanol–water partition coefficient (Wildman–Crippen LogP) is 2.34. The number of carbonyl (C=O) groups excluding carboxylic acids is 3. The first-order valence-electron chi connectivity index (χ1n) is 8.05. The maximum Gasteiger partial charge on any atom is 0.349 e. The van der Waals surface area contributed by atoms with Gasteiger partial charge in [-0.05, 0) is 31.0 Å². The van der Waals surface area contributed by atoms with Crippen LogP contribution in [0.1, 0.15) is 32.9 Å². The lowest BCUT2D eigenvalue weighted by molar-refractivity contribution is -0.380. The summed E-state index contributed by atoms with van der Waals surface area (Å²) in [5.41, 5.74) is 0.626. The Morgan fingerprint density at radius 2 is 1.93 bits per heavy atom. The van der Waals surface area contributed by atoms with E-state index in [-0.39, 0.29) is 21.8 Å². The molecule has 0 aliphatic heterocycles. The molecule has 0 unspecified atom stereocenters. The Kier molecular flexibility index (Phi) is 5.46. The van der Waals surface area contributed by atoms with Crippen molar-refractivity contribution in [3.63, 3.8) is 0 Å². The van der Waals surface area contributed by atoms with Crippen LogP contribution in [0.3, 0.4) is 0 Å². The summed E-state index contributed by atoms with van der Waals surface area (Å²) < 4.78 is 4.87. The minimum absolute atomic E-state index is 0.0266. The standard InChI is InChI=1S/C17H15N3O6S/c21-14(9-26-17(23)13-7-8-15(27-13)20(24)25)19-12-4-2-1-3-11(12)16(22)18-10-5-6-10/h1-4,7-8,10H,5-6,9H2,(H,18,22)(H,19,21). The molecule has 0 spiro atoms. The summed E-state index contributed by atoms with van der Waals surface area (Å²) in [5, 5.41) is 15.8. The molecule has 2 amide bonds. The lowest BCUT2D eigenvalue weighted by atomic mass is 10.1. The highest BCUT2D eigenvalue weighted by atomic mass is 32.1. The second-order valence-corrected chi connectivity index (χ2v) is 6.87. The van der Waals surface area contributed by atoms with Crippen LogP contribution < -0.4 is 10.6 Å². The predicted molar refractivity (Wildman–Crippen MR) is 96.8 cm³/mol. The van der Waals surface area contributed by atoms with Gasteiger partial charge in [0.25, 0.3) is 11.8 Å². The summed E-state index contributed by atoms with van der Waals surface area (Å²) in [6.07, 6.45) is 1.88. The quantitative estimate of drug-likeness (QED) is 0.425. The zero-order chi connectivity index (χ0) is 19.4. The fraction of sp³-hybridized carbons (Fsp3) is 0.235. The molecule has 1 saturated carbocycles. The van der Waals surface area contributed by atoms with Gasteiger partial charge < -0.3 is 15.4 Å². The minimum Gasteiger partial charge on any atom is -0.451 e. The van der Waals surface area contributed by atoms with Crippen LogP contribution >= 0.6 is 11.3 Å². The number of rotatable bonds is 7. The van der Waals surface area contributed by atoms with Gasteiger partial charge in [0, 0.05) is 12.1 Å². The Hall–Kier alpha value is -3.27. The Bertz CT molecular complexity index is 906. The number of nitrogens with zero attached hydrogens (tertiary/aromatic N) is 1. The van der Waals surface area contributed by atoms with Crippen molar-refractivity contribution < 1.29 is 24.0 Å². The van der Waals surface area contributed by atoms with Crippen molar-refractivity contribution in [2.75, 3.05) is 11.9 Å². The molecule has 0 atom stereocenters. The first-order valence-corrected chi connectivity index (χ1v) is 8.87. The zero-order valence-electron chi connectivity index (χ0n) is 14.0. The third-order valence-electron chi connectivity index (χ3n) is 3.67. The molecule has 1 aliphatic rings. The number of esters is 1. The third-order valence-corrected chi connectivity index (χ3v) is 4.68. The topological polar surface area (TPSA) is 128 Å². The van der Waals surface area contributed by atoms with E-state index in [9.17, 15) is 24.5 Å². The van der Waals surface area contributed by atoms with Crippen LogP contribution in [0.25, 0.3) is 0 Å². The second-order valence-electron chi connectivity index (χ2n) is 5.81. The number of anilines is 1. The molecule has 1 heterocycles. The molecule has 140 valence electrons. The molecule has 1 fully saturated rings. The Balaban J connectivity index is 1.56. The van der Waals surface area contributed by atoms with Crippen LogP contribution in [0, 0.1) is 10.1 Å². The van der Waals surface area contributed by atoms with Gasteiger partial charge in [0.05, 0.1) is 16.2 Å². The van der Waals surface area contributed by atoms with E-state index in [1.807, 2.05) is 0 Å². The van der Waals surface area contributed by atoms with Crippen molar-refractivity contribution in [2.45, 2.75) is 18.9 Å². The number of hydrogen-bond donors (Lipinski definition) is 2. The summed E-state index contributed by atoms with van der Waals surface area (Å²) in [4.78, 5) is 46.2. The number of carbonyl (C=O) groups is 3. The van der Waals surface area contributed by atoms with Crippen molar-refractivity contribution >= 4 is 39.8 Å². The van der Waals surface area contributed by atoms with Crippen molar-refractivity contribution in [1.82, 2.24) is 5.32 Å². The monoisotopic (exact) mass is 389 g/mol. The van der Waals surface area contributed by atoms with Gasteiger partial charge in [-0.2, -0.15) is 0 Å². The average Bonchev–Trinajstić information content (AvgIpc) is 3.31. The minimum atomic E-state index is -0.831. The van der Waals surface area contributed by atoms with Crippen molar-refractivity contribution in [3.05, 3.63) is 57.0 Å². The lowest BCUT2D eigenvalue weighted by Gasteiger charge is -2.11. The Morgan fingerprint density at radius 3 is 2.59 bits per heavy atom. The van der Waals surface area contributed by atoms with Gasteiger partial charge in [0.1, 0.15) is 4.88 Å². The van der Waals surface area contributed by atoms with E-state index in [0.717, 1.165) is 12.8 Å². The van der Waals surface area contributed by atoms with Gasteiger partial charge in [-0.15, -0.1) is 0 Å². The summed E-state index contributed by atoms with van der Waals surface area (Å²) >= 11 is 0.664. The molecular weight excluding hydrogens is 374 g/mol. The molecule has 9 nitrogen and oxygen atoms in total. The fourth-order valence-electron chi connectivity index (χ4n) is 2.20. The van der Waals surface area contributed by atoms with Crippen LogP contribution in [0.15, 0.2) is 36.4 Å². The Labute approximate surface area is 157 Å². The summed E-state index contributed by atoms with van der Waals surface area (Å²) in [7, 11) is 0. The van der Waals surface area contributed by atoms with Crippen molar-refractivity contribution in [2.24, 2.45) is 0 Å². The van der Waals surface area contributed by atoms with E-state index in [1.165, 1.54) is 12.1 Å². The molecule has 2 N–H and O–H groups in total. The molecule has 27 heavy (non-hydrogen) atoms. The van der Waals surface area contributed by atoms with Crippen molar-refractivity contribution in [3.8, 4) is 0 Å². The lowest BCUT2D eigenvalue weighted by Crippen LogP contribution is -2.27. The van der Waals surface area contributed by atoms with E-state index in [1.54, 1.807) is 24.3 Å². The first-order chi connectivity index (χ1) is 12.9. The largest absolute Gasteiger partial charge is 0.451 e. The Morgan fingerprint density at radius 1 is 1.19 bits per heavy atom. The van der Waals surface area contributed by atoms with Gasteiger partial charge >= 0.3 is 11.0 Å². The number of nitrogens with one attached hydrogen (secondary N) is 2. The molecular formula is C17H15N3O6S. The smallest absolute Gasteiger partial charge is 0.349 e. The molecule has 1 aromatic heterocycles. The molecule has 1 aliphatic carbocycles. The normalized spacial score (nSPS) is 12.9. The zero-order valence-corrected chi connectivity index (χ0v) is 14.8. The number of benzene rings is 1. The number of hydrogen-bond acceptors (Lipinski definition) is 7. The highest BCUT2D eigenvalue weighted by Crippen LogP contribution is 2.24. The summed E-state index contributed by atoms with van der Waals surface area (Å²) in [6, 6.07) is 9.14. The molecule has 3 rings (SSSR count). The van der Waals surface area contributed by atoms with Crippen LogP contribution in [0.5, 0.6) is 0 Å². The number of ether oxygens (including phenoxy) is 1. The molecule has 1 aromatic carbocycles. The maximum atomic E-state index is 12.2. The third kappa shape index (κ3) is 4.88. The first kappa shape index (κ1) is 18.5. The van der Waals surface area contributed by atoms with Crippen molar-refractivity contribution in [1.29, 1.82) is 0 Å².